The van der Waals surface area contributed by atoms with Gasteiger partial charge in [-0.2, -0.15) is 0 Å². The number of benzene rings is 2. The summed E-state index contributed by atoms with van der Waals surface area (Å²) >= 11 is 5.69. The van der Waals surface area contributed by atoms with Gasteiger partial charge in [-0.05, 0) is 63.3 Å². The summed E-state index contributed by atoms with van der Waals surface area (Å²) in [4.78, 5) is 26.8. The Kier molecular flexibility index (Phi) is 5.58. The summed E-state index contributed by atoms with van der Waals surface area (Å²) in [7, 11) is 0. The maximum atomic E-state index is 13.1. The molecular weight excluding hydrogens is 416 g/mol. The van der Waals surface area contributed by atoms with Crippen LogP contribution in [0.25, 0.3) is 0 Å². The number of esters is 2. The van der Waals surface area contributed by atoms with Crippen LogP contribution in [-0.4, -0.2) is 36.0 Å². The summed E-state index contributed by atoms with van der Waals surface area (Å²) in [6, 6.07) is 14.1. The fourth-order valence-electron chi connectivity index (χ4n) is 4.27. The van der Waals surface area contributed by atoms with E-state index in [1.54, 1.807) is 43.0 Å². The van der Waals surface area contributed by atoms with Crippen LogP contribution in [0.3, 0.4) is 0 Å². The van der Waals surface area contributed by atoms with Gasteiger partial charge in [-0.15, -0.1) is 0 Å². The molecule has 2 aliphatic rings. The van der Waals surface area contributed by atoms with Gasteiger partial charge in [-0.3, -0.25) is 9.69 Å². The fourth-order valence-corrected chi connectivity index (χ4v) is 4.69. The topological polar surface area (TPSA) is 77.1 Å². The molecule has 0 radical (unpaired) electrons. The lowest BCUT2D eigenvalue weighted by Crippen LogP contribution is -2.71. The minimum absolute atomic E-state index is 0.262. The van der Waals surface area contributed by atoms with E-state index in [4.69, 9.17) is 26.4 Å². The molecule has 2 bridgehead atoms. The van der Waals surface area contributed by atoms with E-state index in [0.29, 0.717) is 28.7 Å². The lowest BCUT2D eigenvalue weighted by molar-refractivity contribution is -0.159. The van der Waals surface area contributed by atoms with Crippen molar-refractivity contribution in [3.05, 3.63) is 59.7 Å². The summed E-state index contributed by atoms with van der Waals surface area (Å²) in [6.45, 7) is 5.93. The molecule has 7 nitrogen and oxygen atoms in total. The molecule has 1 saturated heterocycles. The molecule has 0 saturated carbocycles. The van der Waals surface area contributed by atoms with Crippen LogP contribution in [0.5, 0.6) is 5.75 Å². The van der Waals surface area contributed by atoms with E-state index in [-0.39, 0.29) is 18.6 Å². The van der Waals surface area contributed by atoms with Crippen LogP contribution in [0.2, 0.25) is 0 Å². The maximum absolute atomic E-state index is 13.1. The molecule has 1 fully saturated rings. The van der Waals surface area contributed by atoms with Crippen LogP contribution in [-0.2, 0) is 14.3 Å². The molecule has 0 aliphatic carbocycles. The highest BCUT2D eigenvalue weighted by molar-refractivity contribution is 7.80. The Bertz CT molecular complexity index is 1020. The minimum Gasteiger partial charge on any atom is -0.466 e. The van der Waals surface area contributed by atoms with Gasteiger partial charge < -0.3 is 19.5 Å². The summed E-state index contributed by atoms with van der Waals surface area (Å²) in [5, 5.41) is 3.73. The number of carbonyl (C=O) groups is 2. The van der Waals surface area contributed by atoms with Gasteiger partial charge >= 0.3 is 11.9 Å². The molecule has 8 heteroatoms. The lowest BCUT2D eigenvalue weighted by Gasteiger charge is -2.55. The van der Waals surface area contributed by atoms with E-state index in [2.05, 4.69) is 5.32 Å². The van der Waals surface area contributed by atoms with Crippen LogP contribution >= 0.6 is 12.2 Å². The first kappa shape index (κ1) is 21.1. The van der Waals surface area contributed by atoms with Crippen molar-refractivity contribution in [2.45, 2.75) is 32.5 Å². The number of anilines is 1. The number of nitrogens with zero attached hydrogens (tertiary/aromatic N) is 1. The molecule has 162 valence electrons. The summed E-state index contributed by atoms with van der Waals surface area (Å²) in [5.41, 5.74) is 0.846. The van der Waals surface area contributed by atoms with Crippen molar-refractivity contribution in [1.29, 1.82) is 0 Å². The van der Waals surface area contributed by atoms with E-state index in [9.17, 15) is 9.59 Å². The predicted octanol–water partition coefficient (Wildman–Crippen LogP) is 3.59. The van der Waals surface area contributed by atoms with Crippen molar-refractivity contribution in [3.63, 3.8) is 0 Å². The summed E-state index contributed by atoms with van der Waals surface area (Å²) in [5.74, 6) is -0.753. The Labute approximate surface area is 186 Å². The van der Waals surface area contributed by atoms with E-state index in [0.717, 1.165) is 5.56 Å². The zero-order valence-corrected chi connectivity index (χ0v) is 18.4. The molecule has 2 aromatic carbocycles. The highest BCUT2D eigenvalue weighted by Crippen LogP contribution is 2.49. The highest BCUT2D eigenvalue weighted by Gasteiger charge is 2.59. The SMILES string of the molecule is CCOC(=O)c1ccc(N2C(=S)NC3c4ccccc4OC2(C)C3C(=O)OCC)cc1. The van der Waals surface area contributed by atoms with Gasteiger partial charge in [0.05, 0.1) is 24.8 Å². The third-order valence-electron chi connectivity index (χ3n) is 5.58. The van der Waals surface area contributed by atoms with Gasteiger partial charge in [0, 0.05) is 11.3 Å². The molecule has 4 rings (SSSR count). The first-order valence-electron chi connectivity index (χ1n) is 10.2. The van der Waals surface area contributed by atoms with E-state index in [1.165, 1.54) is 0 Å². The second-order valence-corrected chi connectivity index (χ2v) is 7.84. The predicted molar refractivity (Wildman–Crippen MR) is 119 cm³/mol. The first-order valence-corrected chi connectivity index (χ1v) is 10.6. The number of hydrogen-bond acceptors (Lipinski definition) is 6. The molecule has 0 amide bonds. The number of para-hydroxylation sites is 1. The Hall–Kier alpha value is -3.13. The summed E-state index contributed by atoms with van der Waals surface area (Å²) < 4.78 is 16.9. The zero-order valence-electron chi connectivity index (χ0n) is 17.6. The molecule has 31 heavy (non-hydrogen) atoms. The average molecular weight is 441 g/mol. The Morgan fingerprint density at radius 1 is 1.10 bits per heavy atom. The van der Waals surface area contributed by atoms with Gasteiger partial charge in [-0.1, -0.05) is 18.2 Å². The number of ether oxygens (including phenoxy) is 3. The van der Waals surface area contributed by atoms with Crippen molar-refractivity contribution in [2.75, 3.05) is 18.1 Å². The van der Waals surface area contributed by atoms with Gasteiger partial charge in [0.25, 0.3) is 0 Å². The van der Waals surface area contributed by atoms with Crippen LogP contribution in [0.15, 0.2) is 48.5 Å². The van der Waals surface area contributed by atoms with E-state index < -0.39 is 17.6 Å². The molecule has 0 spiro atoms. The number of rotatable bonds is 5. The largest absolute Gasteiger partial charge is 0.466 e. The van der Waals surface area contributed by atoms with Gasteiger partial charge in [0.15, 0.2) is 5.11 Å². The highest BCUT2D eigenvalue weighted by atomic mass is 32.1. The third kappa shape index (κ3) is 3.50. The number of fused-ring (bicyclic) bond motifs is 4. The molecule has 0 aromatic heterocycles. The van der Waals surface area contributed by atoms with Crippen molar-refractivity contribution < 1.29 is 23.8 Å². The van der Waals surface area contributed by atoms with Gasteiger partial charge in [0.2, 0.25) is 5.72 Å². The third-order valence-corrected chi connectivity index (χ3v) is 5.88. The Morgan fingerprint density at radius 2 is 1.77 bits per heavy atom. The lowest BCUT2D eigenvalue weighted by atomic mass is 9.79. The molecule has 2 aromatic rings. The smallest absolute Gasteiger partial charge is 0.338 e. The number of hydrogen-bond donors (Lipinski definition) is 1. The Morgan fingerprint density at radius 3 is 2.45 bits per heavy atom. The molecule has 3 unspecified atom stereocenters. The van der Waals surface area contributed by atoms with Crippen molar-refractivity contribution >= 4 is 35.0 Å². The normalized spacial score (nSPS) is 23.8. The van der Waals surface area contributed by atoms with Crippen LogP contribution < -0.4 is 15.0 Å². The quantitative estimate of drug-likeness (QED) is 0.558. The maximum Gasteiger partial charge on any atom is 0.338 e. The number of carbonyl (C=O) groups excluding carboxylic acids is 2. The van der Waals surface area contributed by atoms with E-state index in [1.807, 2.05) is 31.2 Å². The van der Waals surface area contributed by atoms with E-state index >= 15 is 0 Å². The molecule has 1 N–H and O–H groups in total. The molecule has 2 heterocycles. The number of nitrogens with one attached hydrogen (secondary N) is 1. The van der Waals surface area contributed by atoms with Gasteiger partial charge in [-0.25, -0.2) is 4.79 Å². The Balaban J connectivity index is 1.78. The van der Waals surface area contributed by atoms with Crippen molar-refractivity contribution in [2.24, 2.45) is 5.92 Å². The van der Waals surface area contributed by atoms with Gasteiger partial charge in [0.1, 0.15) is 11.7 Å². The second kappa shape index (κ2) is 8.19. The minimum atomic E-state index is -1.13. The summed E-state index contributed by atoms with van der Waals surface area (Å²) in [6.07, 6.45) is 0. The molecular formula is C23H24N2O5S. The fraction of sp³-hybridized carbons (Fsp3) is 0.348. The van der Waals surface area contributed by atoms with Crippen LogP contribution in [0.4, 0.5) is 5.69 Å². The van der Waals surface area contributed by atoms with Crippen molar-refractivity contribution in [3.8, 4) is 5.75 Å². The average Bonchev–Trinajstić information content (AvgIpc) is 2.74. The first-order chi connectivity index (χ1) is 14.9. The van der Waals surface area contributed by atoms with Crippen molar-refractivity contribution in [1.82, 2.24) is 5.32 Å². The molecule has 2 aliphatic heterocycles. The molecule has 3 atom stereocenters. The standard InChI is InChI=1S/C23H24N2O5S/c1-4-28-20(26)14-10-12-15(13-11-14)25-22(31)24-19-16-8-6-7-9-17(16)30-23(25,3)18(19)21(27)29-5-2/h6-13,18-19H,4-5H2,1-3H3,(H,24,31). The second-order valence-electron chi connectivity index (χ2n) is 7.45. The number of thiocarbonyl (C=S) groups is 1. The zero-order chi connectivity index (χ0) is 22.2. The van der Waals surface area contributed by atoms with Crippen LogP contribution in [0.1, 0.15) is 42.7 Å². The monoisotopic (exact) mass is 440 g/mol. The van der Waals surface area contributed by atoms with Crippen LogP contribution in [0, 0.1) is 5.92 Å².